The number of ether oxygens (including phenoxy) is 2. The Labute approximate surface area is 90.2 Å². The van der Waals surface area contributed by atoms with E-state index in [1.165, 1.54) is 0 Å². The first-order chi connectivity index (χ1) is 7.41. The number of hydrogen-bond donors (Lipinski definition) is 0. The van der Waals surface area contributed by atoms with Crippen molar-refractivity contribution in [2.45, 2.75) is 44.1 Å². The van der Waals surface area contributed by atoms with Crippen molar-refractivity contribution in [3.05, 3.63) is 11.8 Å². The zero-order valence-corrected chi connectivity index (χ0v) is 8.47. The van der Waals surface area contributed by atoms with Crippen molar-refractivity contribution < 1.29 is 27.4 Å². The van der Waals surface area contributed by atoms with E-state index in [-0.39, 0.29) is 0 Å². The van der Waals surface area contributed by atoms with Gasteiger partial charge in [-0.15, -0.1) is 0 Å². The molecule has 0 radical (unpaired) electrons. The maximum absolute atomic E-state index is 12.5. The van der Waals surface area contributed by atoms with Crippen molar-refractivity contribution >= 4 is 5.97 Å². The first-order valence-electron chi connectivity index (χ1n) is 5.12. The second-order valence-corrected chi connectivity index (χ2v) is 4.00. The van der Waals surface area contributed by atoms with Crippen LogP contribution in [0.4, 0.5) is 13.2 Å². The van der Waals surface area contributed by atoms with Crippen LogP contribution in [0.5, 0.6) is 0 Å². The van der Waals surface area contributed by atoms with E-state index in [2.05, 4.69) is 0 Å². The summed E-state index contributed by atoms with van der Waals surface area (Å²) in [4.78, 5) is 11.1. The maximum atomic E-state index is 12.5. The lowest BCUT2D eigenvalue weighted by Gasteiger charge is -2.39. The predicted octanol–water partition coefficient (Wildman–Crippen LogP) is 2.67. The molecule has 2 aliphatic rings. The molecule has 2 rings (SSSR count). The highest BCUT2D eigenvalue weighted by molar-refractivity contribution is 5.83. The fourth-order valence-corrected chi connectivity index (χ4v) is 2.00. The third kappa shape index (κ3) is 2.15. The van der Waals surface area contributed by atoms with Crippen LogP contribution in [0.25, 0.3) is 0 Å². The van der Waals surface area contributed by atoms with Crippen LogP contribution in [-0.2, 0) is 14.3 Å². The summed E-state index contributed by atoms with van der Waals surface area (Å²) < 4.78 is 47.1. The lowest BCUT2D eigenvalue weighted by atomic mass is 9.93. The average molecular weight is 236 g/mol. The van der Waals surface area contributed by atoms with Crippen molar-refractivity contribution in [3.8, 4) is 0 Å². The van der Waals surface area contributed by atoms with Gasteiger partial charge in [0.25, 0.3) is 5.79 Å². The molecule has 90 valence electrons. The summed E-state index contributed by atoms with van der Waals surface area (Å²) in [6.45, 7) is 0. The molecule has 1 saturated carbocycles. The Morgan fingerprint density at radius 1 is 1.12 bits per heavy atom. The first kappa shape index (κ1) is 11.3. The van der Waals surface area contributed by atoms with E-state index in [0.29, 0.717) is 31.8 Å². The van der Waals surface area contributed by atoms with Crippen molar-refractivity contribution in [1.82, 2.24) is 0 Å². The Bertz CT molecular complexity index is 327. The minimum absolute atomic E-state index is 0.326. The van der Waals surface area contributed by atoms with Gasteiger partial charge >= 0.3 is 12.1 Å². The Balaban J connectivity index is 2.22. The minimum Gasteiger partial charge on any atom is -0.447 e. The van der Waals surface area contributed by atoms with Gasteiger partial charge in [-0.3, -0.25) is 0 Å². The Kier molecular flexibility index (Phi) is 2.59. The molecule has 16 heavy (non-hydrogen) atoms. The largest absolute Gasteiger partial charge is 0.449 e. The standard InChI is InChI=1S/C10H11F3O3/c11-10(12,13)7-6-8(14)16-9(15-7)4-2-1-3-5-9/h6H,1-5H2. The molecular weight excluding hydrogens is 225 g/mol. The lowest BCUT2D eigenvalue weighted by molar-refractivity contribution is -0.260. The molecule has 0 bridgehead atoms. The number of esters is 1. The number of carbonyl (C=O) groups is 1. The minimum atomic E-state index is -4.64. The number of rotatable bonds is 0. The molecule has 1 heterocycles. The van der Waals surface area contributed by atoms with Gasteiger partial charge in [-0.05, 0) is 12.8 Å². The molecule has 1 aliphatic carbocycles. The molecule has 1 spiro atoms. The first-order valence-corrected chi connectivity index (χ1v) is 5.12. The van der Waals surface area contributed by atoms with Crippen LogP contribution >= 0.6 is 0 Å². The maximum Gasteiger partial charge on any atom is 0.449 e. The zero-order valence-electron chi connectivity index (χ0n) is 8.47. The van der Waals surface area contributed by atoms with Crippen molar-refractivity contribution in [2.24, 2.45) is 0 Å². The van der Waals surface area contributed by atoms with E-state index < -0.39 is 23.7 Å². The second kappa shape index (κ2) is 3.68. The molecule has 1 fully saturated rings. The van der Waals surface area contributed by atoms with Crippen LogP contribution in [0.3, 0.4) is 0 Å². The van der Waals surface area contributed by atoms with Crippen LogP contribution in [0.2, 0.25) is 0 Å². The molecule has 6 heteroatoms. The van der Waals surface area contributed by atoms with Crippen molar-refractivity contribution in [2.75, 3.05) is 0 Å². The van der Waals surface area contributed by atoms with Gasteiger partial charge in [0.15, 0.2) is 0 Å². The van der Waals surface area contributed by atoms with Crippen LogP contribution in [0, 0.1) is 0 Å². The molecule has 0 aromatic rings. The van der Waals surface area contributed by atoms with Gasteiger partial charge in [0.1, 0.15) is 0 Å². The highest BCUT2D eigenvalue weighted by Gasteiger charge is 2.48. The quantitative estimate of drug-likeness (QED) is 0.606. The van der Waals surface area contributed by atoms with Gasteiger partial charge in [0.05, 0.1) is 6.08 Å². The zero-order chi connectivity index (χ0) is 11.8. The Hall–Kier alpha value is -1.20. The van der Waals surface area contributed by atoms with Crippen molar-refractivity contribution in [1.29, 1.82) is 0 Å². The molecule has 0 aromatic heterocycles. The summed E-state index contributed by atoms with van der Waals surface area (Å²) in [6, 6.07) is 0. The highest BCUT2D eigenvalue weighted by Crippen LogP contribution is 2.41. The number of allylic oxidation sites excluding steroid dienone is 1. The molecule has 0 amide bonds. The molecular formula is C10H11F3O3. The Morgan fingerprint density at radius 3 is 2.31 bits per heavy atom. The molecule has 0 atom stereocenters. The van der Waals surface area contributed by atoms with E-state index >= 15 is 0 Å². The van der Waals surface area contributed by atoms with E-state index in [9.17, 15) is 18.0 Å². The smallest absolute Gasteiger partial charge is 0.447 e. The second-order valence-electron chi connectivity index (χ2n) is 4.00. The van der Waals surface area contributed by atoms with Crippen LogP contribution in [0.1, 0.15) is 32.1 Å². The van der Waals surface area contributed by atoms with Gasteiger partial charge in [-0.25, -0.2) is 4.79 Å². The lowest BCUT2D eigenvalue weighted by Crippen LogP contribution is -2.44. The fraction of sp³-hybridized carbons (Fsp3) is 0.700. The summed E-state index contributed by atoms with van der Waals surface area (Å²) in [5, 5.41) is 0. The number of halogens is 3. The normalized spacial score (nSPS) is 24.7. The van der Waals surface area contributed by atoms with E-state index in [0.717, 1.165) is 6.42 Å². The van der Waals surface area contributed by atoms with Gasteiger partial charge < -0.3 is 9.47 Å². The van der Waals surface area contributed by atoms with Gasteiger partial charge in [-0.1, -0.05) is 6.42 Å². The number of alkyl halides is 3. The van der Waals surface area contributed by atoms with E-state index in [1.54, 1.807) is 0 Å². The predicted molar refractivity (Wildman–Crippen MR) is 47.1 cm³/mol. The monoisotopic (exact) mass is 236 g/mol. The third-order valence-electron chi connectivity index (χ3n) is 2.73. The van der Waals surface area contributed by atoms with Crippen LogP contribution in [0.15, 0.2) is 11.8 Å². The topological polar surface area (TPSA) is 35.5 Å². The summed E-state index contributed by atoms with van der Waals surface area (Å²) >= 11 is 0. The molecule has 0 N–H and O–H groups in total. The SMILES string of the molecule is O=C1C=C(C(F)(F)F)OC2(CCCCC2)O1. The van der Waals surface area contributed by atoms with Crippen molar-refractivity contribution in [3.63, 3.8) is 0 Å². The summed E-state index contributed by atoms with van der Waals surface area (Å²) in [5.74, 6) is -3.60. The molecule has 0 aromatic carbocycles. The number of hydrogen-bond acceptors (Lipinski definition) is 3. The molecule has 3 nitrogen and oxygen atoms in total. The summed E-state index contributed by atoms with van der Waals surface area (Å²) in [7, 11) is 0. The average Bonchev–Trinajstić information content (AvgIpc) is 2.16. The Morgan fingerprint density at radius 2 is 1.75 bits per heavy atom. The highest BCUT2D eigenvalue weighted by atomic mass is 19.4. The van der Waals surface area contributed by atoms with Gasteiger partial charge in [0, 0.05) is 12.8 Å². The van der Waals surface area contributed by atoms with E-state index in [1.807, 2.05) is 0 Å². The van der Waals surface area contributed by atoms with Gasteiger partial charge in [0.2, 0.25) is 5.76 Å². The fourth-order valence-electron chi connectivity index (χ4n) is 2.00. The molecule has 1 aliphatic heterocycles. The summed E-state index contributed by atoms with van der Waals surface area (Å²) in [5.41, 5.74) is 0. The summed E-state index contributed by atoms with van der Waals surface area (Å²) in [6.07, 6.45) is -1.29. The van der Waals surface area contributed by atoms with E-state index in [4.69, 9.17) is 9.47 Å². The number of carbonyl (C=O) groups excluding carboxylic acids is 1. The molecule has 0 saturated heterocycles. The van der Waals surface area contributed by atoms with Gasteiger partial charge in [-0.2, -0.15) is 13.2 Å². The van der Waals surface area contributed by atoms with Crippen LogP contribution < -0.4 is 0 Å². The molecule has 0 unspecified atom stereocenters. The van der Waals surface area contributed by atoms with Crippen LogP contribution in [-0.4, -0.2) is 17.9 Å². The third-order valence-corrected chi connectivity index (χ3v) is 2.73.